The minimum Gasteiger partial charge on any atom is -0.468 e. The van der Waals surface area contributed by atoms with E-state index < -0.39 is 12.0 Å². The predicted octanol–water partition coefficient (Wildman–Crippen LogP) is 2.70. The topological polar surface area (TPSA) is 77.3 Å². The molecule has 1 aliphatic heterocycles. The molecule has 1 aromatic carbocycles. The van der Waals surface area contributed by atoms with Crippen LogP contribution < -0.4 is 0 Å². The summed E-state index contributed by atoms with van der Waals surface area (Å²) in [5.41, 5.74) is 2.04. The van der Waals surface area contributed by atoms with Crippen molar-refractivity contribution in [2.45, 2.75) is 37.1 Å². The lowest BCUT2D eigenvalue weighted by atomic mass is 9.93. The molecule has 1 aliphatic carbocycles. The first kappa shape index (κ1) is 21.7. The van der Waals surface area contributed by atoms with Gasteiger partial charge in [0.15, 0.2) is 5.78 Å². The maximum Gasteiger partial charge on any atom is 0.327 e. The van der Waals surface area contributed by atoms with E-state index in [9.17, 15) is 14.0 Å². The van der Waals surface area contributed by atoms with Crippen molar-refractivity contribution < 1.29 is 18.7 Å². The second-order valence-electron chi connectivity index (χ2n) is 7.99. The summed E-state index contributed by atoms with van der Waals surface area (Å²) in [6, 6.07) is 5.90. The molecule has 2 fully saturated rings. The first-order valence-electron chi connectivity index (χ1n) is 10.3. The van der Waals surface area contributed by atoms with Crippen LogP contribution in [0.15, 0.2) is 36.0 Å². The van der Waals surface area contributed by atoms with Crippen molar-refractivity contribution >= 4 is 30.5 Å². The number of ether oxygens (including phenoxy) is 1. The fourth-order valence-corrected chi connectivity index (χ4v) is 4.22. The fraction of sp³-hybridized carbons (Fsp3) is 0.455. The molecule has 0 spiro atoms. The van der Waals surface area contributed by atoms with E-state index in [1.165, 1.54) is 17.9 Å². The Morgan fingerprint density at radius 2 is 2.10 bits per heavy atom. The number of rotatable bonds is 7. The lowest BCUT2D eigenvalue weighted by molar-refractivity contribution is -0.141. The van der Waals surface area contributed by atoms with Crippen molar-refractivity contribution in [3.05, 3.63) is 53.1 Å². The van der Waals surface area contributed by atoms with Crippen LogP contribution in [0.3, 0.4) is 0 Å². The number of carbonyl (C=O) groups is 2. The molecule has 0 radical (unpaired) electrons. The monoisotopic (exact) mass is 444 g/mol. The fourth-order valence-electron chi connectivity index (χ4n) is 3.95. The Labute approximate surface area is 185 Å². The number of aromatic nitrogens is 3. The Kier molecular flexibility index (Phi) is 6.52. The first-order valence-corrected chi connectivity index (χ1v) is 10.9. The van der Waals surface area contributed by atoms with Crippen molar-refractivity contribution in [3.8, 4) is 0 Å². The van der Waals surface area contributed by atoms with Gasteiger partial charge in [-0.15, -0.1) is 5.10 Å². The van der Waals surface area contributed by atoms with Crippen molar-refractivity contribution in [3.63, 3.8) is 0 Å². The quantitative estimate of drug-likeness (QED) is 0.523. The molecule has 0 bridgehead atoms. The number of esters is 1. The van der Waals surface area contributed by atoms with Gasteiger partial charge in [0.1, 0.15) is 12.4 Å². The number of hydrogen-bond donors (Lipinski definition) is 1. The first-order chi connectivity index (χ1) is 15.0. The molecular formula is C22H25FN4O3S. The standard InChI is InChI=1S/C22H25FN4O3S/c1-30-20(28)13-27-16(11-24-25-27)10-15-12-26(9-8-19(15)31)21(22(29)14-6-7-14)17-4-2-3-5-18(17)23/h2-5,10-11,14,19,21,31H,6-9,12-13H2,1H3. The molecule has 31 heavy (non-hydrogen) atoms. The second-order valence-corrected chi connectivity index (χ2v) is 8.61. The van der Waals surface area contributed by atoms with E-state index in [-0.39, 0.29) is 29.3 Å². The Morgan fingerprint density at radius 3 is 2.81 bits per heavy atom. The number of methoxy groups -OCH3 is 1. The Balaban J connectivity index is 1.62. The molecule has 4 rings (SSSR count). The molecule has 1 saturated heterocycles. The van der Waals surface area contributed by atoms with Gasteiger partial charge in [-0.2, -0.15) is 12.6 Å². The van der Waals surface area contributed by atoms with E-state index in [4.69, 9.17) is 17.4 Å². The summed E-state index contributed by atoms with van der Waals surface area (Å²) in [5.74, 6) is -0.691. The zero-order valence-corrected chi connectivity index (χ0v) is 18.2. The number of halogens is 1. The van der Waals surface area contributed by atoms with Crippen LogP contribution in [-0.2, 0) is 20.9 Å². The summed E-state index contributed by atoms with van der Waals surface area (Å²) in [5, 5.41) is 7.82. The van der Waals surface area contributed by atoms with Gasteiger partial charge >= 0.3 is 5.97 Å². The van der Waals surface area contributed by atoms with Gasteiger partial charge < -0.3 is 4.74 Å². The Hall–Kier alpha value is -2.52. The largest absolute Gasteiger partial charge is 0.468 e. The number of piperidine rings is 1. The normalized spacial score (nSPS) is 21.8. The number of ketones is 1. The van der Waals surface area contributed by atoms with E-state index in [2.05, 4.69) is 10.3 Å². The van der Waals surface area contributed by atoms with Crippen molar-refractivity contribution in [1.82, 2.24) is 19.9 Å². The molecule has 2 aliphatic rings. The van der Waals surface area contributed by atoms with Gasteiger partial charge in [0.05, 0.1) is 25.0 Å². The number of carbonyl (C=O) groups excluding carboxylic acids is 2. The molecule has 164 valence electrons. The van der Waals surface area contributed by atoms with Crippen LogP contribution in [0.1, 0.15) is 36.6 Å². The van der Waals surface area contributed by atoms with Crippen LogP contribution in [0.4, 0.5) is 4.39 Å². The molecule has 2 atom stereocenters. The van der Waals surface area contributed by atoms with Gasteiger partial charge in [0.2, 0.25) is 0 Å². The van der Waals surface area contributed by atoms with E-state index in [0.717, 1.165) is 24.8 Å². The van der Waals surface area contributed by atoms with Crippen LogP contribution in [0, 0.1) is 11.7 Å². The molecular weight excluding hydrogens is 419 g/mol. The highest BCUT2D eigenvalue weighted by Crippen LogP contribution is 2.39. The maximum absolute atomic E-state index is 14.7. The molecule has 0 amide bonds. The lowest BCUT2D eigenvalue weighted by Crippen LogP contribution is -2.42. The summed E-state index contributed by atoms with van der Waals surface area (Å²) in [6.07, 6.45) is 5.92. The number of benzene rings is 1. The van der Waals surface area contributed by atoms with Crippen molar-refractivity contribution in [2.24, 2.45) is 5.92 Å². The smallest absolute Gasteiger partial charge is 0.327 e. The summed E-state index contributed by atoms with van der Waals surface area (Å²) in [6.45, 7) is 1.06. The molecule has 0 N–H and O–H groups in total. The van der Waals surface area contributed by atoms with Gasteiger partial charge in [-0.1, -0.05) is 23.4 Å². The molecule has 2 heterocycles. The van der Waals surface area contributed by atoms with Gasteiger partial charge in [-0.3, -0.25) is 14.5 Å². The third-order valence-electron chi connectivity index (χ3n) is 5.81. The highest BCUT2D eigenvalue weighted by molar-refractivity contribution is 7.81. The number of thiol groups is 1. The number of Topliss-reactive ketones (excluding diaryl/α,β-unsaturated/α-hetero) is 1. The highest BCUT2D eigenvalue weighted by Gasteiger charge is 2.40. The Bertz CT molecular complexity index is 1000. The molecule has 7 nitrogen and oxygen atoms in total. The molecule has 1 aromatic heterocycles. The maximum atomic E-state index is 14.7. The van der Waals surface area contributed by atoms with Crippen LogP contribution in [0.25, 0.3) is 6.08 Å². The average molecular weight is 445 g/mol. The van der Waals surface area contributed by atoms with Crippen molar-refractivity contribution in [1.29, 1.82) is 0 Å². The zero-order valence-electron chi connectivity index (χ0n) is 17.3. The van der Waals surface area contributed by atoms with Crippen LogP contribution in [-0.4, -0.2) is 57.1 Å². The summed E-state index contributed by atoms with van der Waals surface area (Å²) in [4.78, 5) is 26.8. The Morgan fingerprint density at radius 1 is 1.32 bits per heavy atom. The van der Waals surface area contributed by atoms with E-state index >= 15 is 0 Å². The second kappa shape index (κ2) is 9.32. The average Bonchev–Trinajstić information content (AvgIpc) is 3.53. The van der Waals surface area contributed by atoms with Gasteiger partial charge in [0.25, 0.3) is 0 Å². The predicted molar refractivity (Wildman–Crippen MR) is 116 cm³/mol. The number of hydrogen-bond acceptors (Lipinski definition) is 7. The summed E-state index contributed by atoms with van der Waals surface area (Å²) < 4.78 is 20.8. The van der Waals surface area contributed by atoms with Crippen LogP contribution in [0.2, 0.25) is 0 Å². The summed E-state index contributed by atoms with van der Waals surface area (Å²) >= 11 is 4.72. The van der Waals surface area contributed by atoms with E-state index in [1.807, 2.05) is 11.0 Å². The SMILES string of the molecule is COC(=O)Cn1nncc1C=C1CN(C(C(=O)C2CC2)c2ccccc2F)CCC1S. The number of likely N-dealkylation sites (tertiary alicyclic amines) is 1. The lowest BCUT2D eigenvalue weighted by Gasteiger charge is -2.37. The van der Waals surface area contributed by atoms with E-state index in [0.29, 0.717) is 24.3 Å². The number of nitrogens with zero attached hydrogens (tertiary/aromatic N) is 4. The minimum absolute atomic E-state index is 0.0106. The molecule has 9 heteroatoms. The molecule has 2 unspecified atom stereocenters. The van der Waals surface area contributed by atoms with Crippen molar-refractivity contribution in [2.75, 3.05) is 20.2 Å². The third-order valence-corrected chi connectivity index (χ3v) is 6.39. The summed E-state index contributed by atoms with van der Waals surface area (Å²) in [7, 11) is 1.32. The van der Waals surface area contributed by atoms with Gasteiger partial charge in [-0.05, 0) is 37.0 Å². The molecule has 1 saturated carbocycles. The zero-order chi connectivity index (χ0) is 22.0. The van der Waals surface area contributed by atoms with Gasteiger partial charge in [-0.25, -0.2) is 9.07 Å². The minimum atomic E-state index is -0.615. The van der Waals surface area contributed by atoms with Crippen LogP contribution in [0.5, 0.6) is 0 Å². The molecule has 2 aromatic rings. The third kappa shape index (κ3) is 4.88. The highest BCUT2D eigenvalue weighted by atomic mass is 32.1. The van der Waals surface area contributed by atoms with Crippen LogP contribution >= 0.6 is 12.6 Å². The van der Waals surface area contributed by atoms with Gasteiger partial charge in [0, 0.05) is 29.8 Å². The van der Waals surface area contributed by atoms with E-state index in [1.54, 1.807) is 24.4 Å².